The highest BCUT2D eigenvalue weighted by molar-refractivity contribution is 7.89. The zero-order valence-corrected chi connectivity index (χ0v) is 12.3. The Morgan fingerprint density at radius 3 is 2.62 bits per heavy atom. The summed E-state index contributed by atoms with van der Waals surface area (Å²) in [5.41, 5.74) is 6.93. The Kier molecular flexibility index (Phi) is 4.54. The van der Waals surface area contributed by atoms with E-state index in [1.165, 1.54) is 13.0 Å². The van der Waals surface area contributed by atoms with Gasteiger partial charge in [0.1, 0.15) is 10.7 Å². The second-order valence-electron chi connectivity index (χ2n) is 4.65. The minimum Gasteiger partial charge on any atom is -0.399 e. The molecule has 0 saturated carbocycles. The van der Waals surface area contributed by atoms with Crippen molar-refractivity contribution in [3.05, 3.63) is 53.6 Å². The zero-order valence-electron chi connectivity index (χ0n) is 11.5. The van der Waals surface area contributed by atoms with Crippen molar-refractivity contribution < 1.29 is 12.8 Å². The van der Waals surface area contributed by atoms with E-state index in [-0.39, 0.29) is 17.8 Å². The lowest BCUT2D eigenvalue weighted by molar-refractivity contribution is 0.553. The maximum absolute atomic E-state index is 13.9. The van der Waals surface area contributed by atoms with Crippen LogP contribution in [0.3, 0.4) is 0 Å². The maximum atomic E-state index is 13.9. The van der Waals surface area contributed by atoms with Crippen molar-refractivity contribution in [2.75, 3.05) is 12.3 Å². The Balaban J connectivity index is 2.12. The van der Waals surface area contributed by atoms with Crippen LogP contribution in [0, 0.1) is 12.7 Å². The predicted molar refractivity (Wildman–Crippen MR) is 78.7 cm³/mol. The van der Waals surface area contributed by atoms with Crippen LogP contribution in [0.25, 0.3) is 0 Å². The molecule has 1 aromatic carbocycles. The van der Waals surface area contributed by atoms with Gasteiger partial charge in [-0.2, -0.15) is 0 Å². The van der Waals surface area contributed by atoms with E-state index >= 15 is 0 Å². The van der Waals surface area contributed by atoms with Crippen LogP contribution in [0.15, 0.2) is 41.6 Å². The number of nitrogen functional groups attached to an aromatic ring is 1. The highest BCUT2D eigenvalue weighted by Gasteiger charge is 2.20. The molecule has 0 fully saturated rings. The smallest absolute Gasteiger partial charge is 0.243 e. The molecule has 0 aliphatic heterocycles. The third-order valence-electron chi connectivity index (χ3n) is 2.99. The molecular formula is C14H16FN3O2S. The number of hydrogen-bond donors (Lipinski definition) is 2. The summed E-state index contributed by atoms with van der Waals surface area (Å²) in [4.78, 5) is 3.46. The molecule has 1 heterocycles. The molecule has 21 heavy (non-hydrogen) atoms. The SMILES string of the molecule is Cc1cc(N)cc(S(=O)(=O)NCCc2ccncc2)c1F. The van der Waals surface area contributed by atoms with E-state index in [9.17, 15) is 12.8 Å². The number of aryl methyl sites for hydroxylation is 1. The summed E-state index contributed by atoms with van der Waals surface area (Å²) < 4.78 is 40.6. The van der Waals surface area contributed by atoms with Gasteiger partial charge in [-0.3, -0.25) is 4.98 Å². The molecule has 0 radical (unpaired) electrons. The summed E-state index contributed by atoms with van der Waals surface area (Å²) in [6, 6.07) is 6.10. The highest BCUT2D eigenvalue weighted by atomic mass is 32.2. The molecule has 0 saturated heterocycles. The van der Waals surface area contributed by atoms with Gasteiger partial charge in [-0.1, -0.05) is 0 Å². The summed E-state index contributed by atoms with van der Waals surface area (Å²) in [5, 5.41) is 0. The third kappa shape index (κ3) is 3.77. The average Bonchev–Trinajstić information content (AvgIpc) is 2.43. The van der Waals surface area contributed by atoms with Gasteiger partial charge in [-0.05, 0) is 48.7 Å². The van der Waals surface area contributed by atoms with Crippen LogP contribution in [-0.4, -0.2) is 19.9 Å². The first kappa shape index (κ1) is 15.4. The molecule has 0 spiro atoms. The Hall–Kier alpha value is -1.99. The summed E-state index contributed by atoms with van der Waals surface area (Å²) >= 11 is 0. The van der Waals surface area contributed by atoms with Crippen LogP contribution >= 0.6 is 0 Å². The number of nitrogens with one attached hydrogen (secondary N) is 1. The van der Waals surface area contributed by atoms with Crippen molar-refractivity contribution in [1.29, 1.82) is 0 Å². The van der Waals surface area contributed by atoms with E-state index in [2.05, 4.69) is 9.71 Å². The Bertz CT molecular complexity index is 733. The summed E-state index contributed by atoms with van der Waals surface area (Å²) in [5.74, 6) is -0.777. The number of rotatable bonds is 5. The lowest BCUT2D eigenvalue weighted by Crippen LogP contribution is -2.27. The molecule has 3 N–H and O–H groups in total. The quantitative estimate of drug-likeness (QED) is 0.822. The molecule has 0 atom stereocenters. The van der Waals surface area contributed by atoms with Gasteiger partial charge in [0.25, 0.3) is 0 Å². The van der Waals surface area contributed by atoms with Crippen molar-refractivity contribution in [2.24, 2.45) is 0 Å². The largest absolute Gasteiger partial charge is 0.399 e. The molecule has 7 heteroatoms. The first-order valence-corrected chi connectivity index (χ1v) is 7.82. The lowest BCUT2D eigenvalue weighted by Gasteiger charge is -2.10. The normalized spacial score (nSPS) is 11.5. The van der Waals surface area contributed by atoms with Crippen molar-refractivity contribution >= 4 is 15.7 Å². The van der Waals surface area contributed by atoms with Gasteiger partial charge >= 0.3 is 0 Å². The molecule has 0 aliphatic carbocycles. The van der Waals surface area contributed by atoms with Gasteiger partial charge in [0.05, 0.1) is 0 Å². The van der Waals surface area contributed by atoms with Crippen LogP contribution in [0.5, 0.6) is 0 Å². The van der Waals surface area contributed by atoms with E-state index in [1.807, 2.05) is 0 Å². The number of pyridine rings is 1. The molecule has 0 aliphatic rings. The average molecular weight is 309 g/mol. The predicted octanol–water partition coefficient (Wildman–Crippen LogP) is 1.63. The van der Waals surface area contributed by atoms with Gasteiger partial charge in [0.2, 0.25) is 10.0 Å². The Morgan fingerprint density at radius 1 is 1.29 bits per heavy atom. The van der Waals surface area contributed by atoms with Crippen molar-refractivity contribution in [1.82, 2.24) is 9.71 Å². The fourth-order valence-corrected chi connectivity index (χ4v) is 3.13. The molecule has 0 amide bonds. The first-order valence-electron chi connectivity index (χ1n) is 6.34. The Labute approximate surface area is 123 Å². The van der Waals surface area contributed by atoms with Crippen LogP contribution in [-0.2, 0) is 16.4 Å². The standard InChI is InChI=1S/C14H16FN3O2S/c1-10-8-12(16)9-13(14(10)15)21(19,20)18-7-4-11-2-5-17-6-3-11/h2-3,5-6,8-9,18H,4,7,16H2,1H3. The fourth-order valence-electron chi connectivity index (χ4n) is 1.92. The van der Waals surface area contributed by atoms with E-state index < -0.39 is 20.7 Å². The summed E-state index contributed by atoms with van der Waals surface area (Å²) in [6.45, 7) is 1.64. The number of hydrogen-bond acceptors (Lipinski definition) is 4. The number of anilines is 1. The van der Waals surface area contributed by atoms with Crippen molar-refractivity contribution in [3.8, 4) is 0 Å². The van der Waals surface area contributed by atoms with Gasteiger partial charge in [-0.15, -0.1) is 0 Å². The van der Waals surface area contributed by atoms with Crippen molar-refractivity contribution in [3.63, 3.8) is 0 Å². The van der Waals surface area contributed by atoms with Gasteiger partial charge in [0, 0.05) is 24.6 Å². The van der Waals surface area contributed by atoms with Gasteiger partial charge < -0.3 is 5.73 Å². The second kappa shape index (κ2) is 6.19. The fraction of sp³-hybridized carbons (Fsp3) is 0.214. The minimum atomic E-state index is -3.93. The van der Waals surface area contributed by atoms with E-state index in [0.717, 1.165) is 11.6 Å². The molecule has 1 aromatic heterocycles. The van der Waals surface area contributed by atoms with Crippen LogP contribution < -0.4 is 10.5 Å². The number of sulfonamides is 1. The number of aromatic nitrogens is 1. The summed E-state index contributed by atoms with van der Waals surface area (Å²) in [6.07, 6.45) is 3.75. The molecule has 2 rings (SSSR count). The van der Waals surface area contributed by atoms with E-state index in [0.29, 0.717) is 6.42 Å². The second-order valence-corrected chi connectivity index (χ2v) is 6.39. The topological polar surface area (TPSA) is 85.1 Å². The van der Waals surface area contributed by atoms with Gasteiger partial charge in [-0.25, -0.2) is 17.5 Å². The van der Waals surface area contributed by atoms with Crippen LogP contribution in [0.2, 0.25) is 0 Å². The lowest BCUT2D eigenvalue weighted by atomic mass is 10.2. The van der Waals surface area contributed by atoms with Gasteiger partial charge in [0.15, 0.2) is 0 Å². The molecule has 5 nitrogen and oxygen atoms in total. The molecule has 0 unspecified atom stereocenters. The van der Waals surface area contributed by atoms with E-state index in [1.54, 1.807) is 24.5 Å². The molecule has 0 bridgehead atoms. The molecule has 2 aromatic rings. The number of halogens is 1. The Morgan fingerprint density at radius 2 is 1.95 bits per heavy atom. The minimum absolute atomic E-state index is 0.166. The number of nitrogens with two attached hydrogens (primary N) is 1. The van der Waals surface area contributed by atoms with Crippen LogP contribution in [0.4, 0.5) is 10.1 Å². The first-order chi connectivity index (χ1) is 9.90. The zero-order chi connectivity index (χ0) is 15.5. The maximum Gasteiger partial charge on any atom is 0.243 e. The molecule has 112 valence electrons. The summed E-state index contributed by atoms with van der Waals surface area (Å²) in [7, 11) is -3.93. The monoisotopic (exact) mass is 309 g/mol. The van der Waals surface area contributed by atoms with Crippen molar-refractivity contribution in [2.45, 2.75) is 18.2 Å². The molecular weight excluding hydrogens is 293 g/mol. The van der Waals surface area contributed by atoms with Crippen LogP contribution in [0.1, 0.15) is 11.1 Å². The number of nitrogens with zero attached hydrogens (tertiary/aromatic N) is 1. The highest BCUT2D eigenvalue weighted by Crippen LogP contribution is 2.21. The number of benzene rings is 1. The third-order valence-corrected chi connectivity index (χ3v) is 4.45. The van der Waals surface area contributed by atoms with E-state index in [4.69, 9.17) is 5.73 Å².